The van der Waals surface area contributed by atoms with Crippen molar-refractivity contribution < 1.29 is 37.5 Å². The van der Waals surface area contributed by atoms with Gasteiger partial charge in [0.25, 0.3) is 17.4 Å². The Morgan fingerprint density at radius 1 is 1.03 bits per heavy atom. The number of methoxy groups -OCH3 is 1. The van der Waals surface area contributed by atoms with E-state index in [1.165, 1.54) is 49.6 Å². The molecule has 1 amide bonds. The van der Waals surface area contributed by atoms with Crippen molar-refractivity contribution in [2.24, 2.45) is 0 Å². The van der Waals surface area contributed by atoms with Gasteiger partial charge in [-0.25, -0.2) is 0 Å². The molecule has 184 valence electrons. The third-order valence-corrected chi connectivity index (χ3v) is 5.68. The van der Waals surface area contributed by atoms with Crippen LogP contribution >= 0.6 is 0 Å². The number of benzene rings is 3. The molecule has 1 fully saturated rings. The topological polar surface area (TPSA) is 110 Å². The molecule has 0 radical (unpaired) electrons. The predicted octanol–water partition coefficient (Wildman–Crippen LogP) is 5.25. The number of nitro benzene ring substituents is 1. The number of non-ortho nitro benzene ring substituents is 1. The number of hydrogen-bond donors (Lipinski definition) is 1. The number of carbonyl (C=O) groups is 2. The van der Waals surface area contributed by atoms with Crippen LogP contribution < -0.4 is 9.64 Å². The number of nitro groups is 1. The molecule has 36 heavy (non-hydrogen) atoms. The average Bonchev–Trinajstić information content (AvgIpc) is 3.13. The Labute approximate surface area is 202 Å². The fourth-order valence-corrected chi connectivity index (χ4v) is 3.93. The summed E-state index contributed by atoms with van der Waals surface area (Å²) in [6.07, 6.45) is -4.71. The quantitative estimate of drug-likeness (QED) is 0.169. The standard InChI is InChI=1S/C25H17F3N2O6/c1-36-19-11-7-15(8-12-19)22(31)20-21(14-5-9-17(10-6-14)30(34)35)29(24(33)23(20)32)18-4-2-3-16(13-18)25(26,27)28/h2-13,21,31H,1H3. The summed E-state index contributed by atoms with van der Waals surface area (Å²) in [6, 6.07) is 13.2. The van der Waals surface area contributed by atoms with E-state index in [-0.39, 0.29) is 28.1 Å². The van der Waals surface area contributed by atoms with E-state index in [4.69, 9.17) is 4.74 Å². The van der Waals surface area contributed by atoms with Gasteiger partial charge in [-0.1, -0.05) is 6.07 Å². The van der Waals surface area contributed by atoms with Crippen LogP contribution in [0.2, 0.25) is 0 Å². The first-order valence-electron chi connectivity index (χ1n) is 10.4. The summed E-state index contributed by atoms with van der Waals surface area (Å²) in [6.45, 7) is 0. The number of Topliss-reactive ketones (excluding diaryl/α,β-unsaturated/α-hetero) is 1. The largest absolute Gasteiger partial charge is 0.507 e. The van der Waals surface area contributed by atoms with Crippen molar-refractivity contribution in [3.63, 3.8) is 0 Å². The predicted molar refractivity (Wildman–Crippen MR) is 122 cm³/mol. The highest BCUT2D eigenvalue weighted by Crippen LogP contribution is 2.43. The normalized spacial score (nSPS) is 17.3. The fraction of sp³-hybridized carbons (Fsp3) is 0.120. The Hall–Kier alpha value is -4.67. The Morgan fingerprint density at radius 2 is 1.67 bits per heavy atom. The second-order valence-corrected chi connectivity index (χ2v) is 7.79. The third kappa shape index (κ3) is 4.38. The first kappa shape index (κ1) is 24.5. The van der Waals surface area contributed by atoms with E-state index < -0.39 is 40.2 Å². The Kier molecular flexibility index (Phi) is 6.23. The minimum Gasteiger partial charge on any atom is -0.507 e. The maximum Gasteiger partial charge on any atom is 0.416 e. The maximum atomic E-state index is 13.4. The van der Waals surface area contributed by atoms with Crippen LogP contribution in [-0.2, 0) is 15.8 Å². The molecule has 0 aliphatic carbocycles. The summed E-state index contributed by atoms with van der Waals surface area (Å²) >= 11 is 0. The number of rotatable bonds is 5. The summed E-state index contributed by atoms with van der Waals surface area (Å²) in [7, 11) is 1.43. The van der Waals surface area contributed by atoms with E-state index in [0.29, 0.717) is 5.75 Å². The van der Waals surface area contributed by atoms with Crippen molar-refractivity contribution in [1.82, 2.24) is 0 Å². The SMILES string of the molecule is COc1ccc(C(O)=C2C(=O)C(=O)N(c3cccc(C(F)(F)F)c3)C2c2ccc([N+](=O)[O-])cc2)cc1. The number of nitrogens with zero attached hydrogens (tertiary/aromatic N) is 2. The van der Waals surface area contributed by atoms with E-state index in [0.717, 1.165) is 35.2 Å². The van der Waals surface area contributed by atoms with Gasteiger partial charge < -0.3 is 9.84 Å². The molecule has 1 N–H and O–H groups in total. The Bertz CT molecular complexity index is 1380. The van der Waals surface area contributed by atoms with E-state index >= 15 is 0 Å². The minimum absolute atomic E-state index is 0.157. The average molecular weight is 498 g/mol. The molecular formula is C25H17F3N2O6. The van der Waals surface area contributed by atoms with E-state index in [9.17, 15) is 38.0 Å². The molecular weight excluding hydrogens is 481 g/mol. The van der Waals surface area contributed by atoms with Gasteiger partial charge in [-0.3, -0.25) is 24.6 Å². The van der Waals surface area contributed by atoms with Gasteiger partial charge in [0.05, 0.1) is 29.2 Å². The zero-order valence-corrected chi connectivity index (χ0v) is 18.5. The molecule has 1 aliphatic heterocycles. The highest BCUT2D eigenvalue weighted by atomic mass is 19.4. The van der Waals surface area contributed by atoms with Crippen molar-refractivity contribution >= 4 is 28.8 Å². The van der Waals surface area contributed by atoms with E-state index in [2.05, 4.69) is 0 Å². The van der Waals surface area contributed by atoms with Crippen LogP contribution in [-0.4, -0.2) is 28.8 Å². The summed E-state index contributed by atoms with van der Waals surface area (Å²) in [5.41, 5.74) is -1.60. The van der Waals surface area contributed by atoms with Gasteiger partial charge >= 0.3 is 6.18 Å². The zero-order valence-electron chi connectivity index (χ0n) is 18.5. The summed E-state index contributed by atoms with van der Waals surface area (Å²) in [5.74, 6) is -2.38. The molecule has 4 rings (SSSR count). The fourth-order valence-electron chi connectivity index (χ4n) is 3.93. The molecule has 8 nitrogen and oxygen atoms in total. The van der Waals surface area contributed by atoms with E-state index in [1.54, 1.807) is 0 Å². The molecule has 1 aliphatic rings. The van der Waals surface area contributed by atoms with Crippen molar-refractivity contribution in [3.05, 3.63) is 105 Å². The number of hydrogen-bond acceptors (Lipinski definition) is 6. The Morgan fingerprint density at radius 3 is 2.22 bits per heavy atom. The van der Waals surface area contributed by atoms with Crippen molar-refractivity contribution in [1.29, 1.82) is 0 Å². The highest BCUT2D eigenvalue weighted by molar-refractivity contribution is 6.51. The van der Waals surface area contributed by atoms with Crippen molar-refractivity contribution in [3.8, 4) is 5.75 Å². The lowest BCUT2D eigenvalue weighted by Gasteiger charge is -2.26. The smallest absolute Gasteiger partial charge is 0.416 e. The monoisotopic (exact) mass is 498 g/mol. The second kappa shape index (κ2) is 9.17. The summed E-state index contributed by atoms with van der Waals surface area (Å²) in [4.78, 5) is 37.5. The van der Waals surface area contributed by atoms with Crippen LogP contribution in [0, 0.1) is 10.1 Å². The molecule has 0 aromatic heterocycles. The molecule has 11 heteroatoms. The molecule has 0 spiro atoms. The molecule has 3 aromatic carbocycles. The van der Waals surface area contributed by atoms with Crippen LogP contribution in [0.5, 0.6) is 5.75 Å². The number of aliphatic hydroxyl groups excluding tert-OH is 1. The van der Waals surface area contributed by atoms with Crippen LogP contribution in [0.15, 0.2) is 78.4 Å². The maximum absolute atomic E-state index is 13.4. The molecule has 1 unspecified atom stereocenters. The number of halogens is 3. The summed E-state index contributed by atoms with van der Waals surface area (Å²) in [5, 5.41) is 22.1. The zero-order chi connectivity index (χ0) is 26.2. The third-order valence-electron chi connectivity index (χ3n) is 5.68. The van der Waals surface area contributed by atoms with Gasteiger partial charge in [-0.15, -0.1) is 0 Å². The lowest BCUT2D eigenvalue weighted by molar-refractivity contribution is -0.384. The van der Waals surface area contributed by atoms with Crippen LogP contribution in [0.3, 0.4) is 0 Å². The lowest BCUT2D eigenvalue weighted by Crippen LogP contribution is -2.29. The Balaban J connectivity index is 1.93. The van der Waals surface area contributed by atoms with Crippen molar-refractivity contribution in [2.45, 2.75) is 12.2 Å². The van der Waals surface area contributed by atoms with Crippen LogP contribution in [0.4, 0.5) is 24.5 Å². The second-order valence-electron chi connectivity index (χ2n) is 7.79. The minimum atomic E-state index is -4.71. The number of ether oxygens (including phenoxy) is 1. The molecule has 0 saturated carbocycles. The number of ketones is 1. The molecule has 1 atom stereocenters. The number of aliphatic hydroxyl groups is 1. The molecule has 1 saturated heterocycles. The highest BCUT2D eigenvalue weighted by Gasteiger charge is 2.47. The van der Waals surface area contributed by atoms with Gasteiger partial charge in [-0.05, 0) is 60.2 Å². The lowest BCUT2D eigenvalue weighted by atomic mass is 9.95. The number of alkyl halides is 3. The van der Waals surface area contributed by atoms with Crippen LogP contribution in [0.25, 0.3) is 5.76 Å². The number of amides is 1. The summed E-state index contributed by atoms with van der Waals surface area (Å²) < 4.78 is 45.2. The molecule has 0 bridgehead atoms. The van der Waals surface area contributed by atoms with Gasteiger partial charge in [0.1, 0.15) is 11.5 Å². The molecule has 1 heterocycles. The van der Waals surface area contributed by atoms with Crippen LogP contribution in [0.1, 0.15) is 22.7 Å². The van der Waals surface area contributed by atoms with E-state index in [1.807, 2.05) is 0 Å². The first-order valence-corrected chi connectivity index (χ1v) is 10.4. The van der Waals surface area contributed by atoms with Gasteiger partial charge in [0, 0.05) is 23.4 Å². The number of carbonyl (C=O) groups excluding carboxylic acids is 2. The molecule has 3 aromatic rings. The van der Waals surface area contributed by atoms with Gasteiger partial charge in [0.15, 0.2) is 0 Å². The first-order chi connectivity index (χ1) is 17.0. The number of anilines is 1. The van der Waals surface area contributed by atoms with Gasteiger partial charge in [-0.2, -0.15) is 13.2 Å². The van der Waals surface area contributed by atoms with Gasteiger partial charge in [0.2, 0.25) is 0 Å². The van der Waals surface area contributed by atoms with Crippen molar-refractivity contribution in [2.75, 3.05) is 12.0 Å².